The molecule has 0 radical (unpaired) electrons. The van der Waals surface area contributed by atoms with Crippen molar-refractivity contribution in [2.24, 2.45) is 5.92 Å². The molecular weight excluding hydrogens is 520 g/mol. The summed E-state index contributed by atoms with van der Waals surface area (Å²) in [6.45, 7) is 11.4. The van der Waals surface area contributed by atoms with Crippen LogP contribution in [0, 0.1) is 5.92 Å². The minimum Gasteiger partial charge on any atom is -0.447 e. The van der Waals surface area contributed by atoms with E-state index in [2.05, 4.69) is 35.4 Å². The van der Waals surface area contributed by atoms with E-state index in [1.54, 1.807) is 30.9 Å². The van der Waals surface area contributed by atoms with Gasteiger partial charge in [0.15, 0.2) is 5.03 Å². The molecule has 11 nitrogen and oxygen atoms in total. The third-order valence-corrected chi connectivity index (χ3v) is 8.62. The first kappa shape index (κ1) is 28.3. The topological polar surface area (TPSA) is 148 Å². The summed E-state index contributed by atoms with van der Waals surface area (Å²) in [4.78, 5) is 38.3. The molecule has 1 unspecified atom stereocenters. The van der Waals surface area contributed by atoms with Gasteiger partial charge < -0.3 is 20.3 Å². The second-order valence-electron chi connectivity index (χ2n) is 10.8. The van der Waals surface area contributed by atoms with E-state index in [1.807, 2.05) is 6.08 Å². The molecule has 1 fully saturated rings. The Kier molecular flexibility index (Phi) is 7.87. The Bertz CT molecular complexity index is 1410. The van der Waals surface area contributed by atoms with Crippen LogP contribution in [-0.4, -0.2) is 66.6 Å². The number of aromatic nitrogens is 2. The lowest BCUT2D eigenvalue weighted by atomic mass is 9.90. The molecule has 2 aliphatic rings. The van der Waals surface area contributed by atoms with Gasteiger partial charge >= 0.3 is 6.09 Å². The highest BCUT2D eigenvalue weighted by Crippen LogP contribution is 2.39. The summed E-state index contributed by atoms with van der Waals surface area (Å²) in [7, 11) is -4.27. The van der Waals surface area contributed by atoms with Crippen molar-refractivity contribution >= 4 is 39.2 Å². The SMILES string of the molecule is CC(C)OC(=O)N1CCC=C(c2ccc(C(=O)NS(=O)(=O)c3cccc(N)n3)c(N3CCC(C)C3(C)C)n2)C1. The zero-order chi connectivity index (χ0) is 28.5. The van der Waals surface area contributed by atoms with Gasteiger partial charge in [-0.1, -0.05) is 19.1 Å². The number of carbonyl (C=O) groups excluding carboxylic acids is 2. The number of pyridine rings is 2. The van der Waals surface area contributed by atoms with Gasteiger partial charge in [0.25, 0.3) is 15.9 Å². The molecule has 0 saturated carbocycles. The summed E-state index contributed by atoms with van der Waals surface area (Å²) in [5.74, 6) is -0.0903. The quantitative estimate of drug-likeness (QED) is 0.546. The number of hydrogen-bond acceptors (Lipinski definition) is 9. The Morgan fingerprint density at radius 3 is 2.54 bits per heavy atom. The van der Waals surface area contributed by atoms with E-state index >= 15 is 0 Å². The van der Waals surface area contributed by atoms with Crippen molar-refractivity contribution in [3.05, 3.63) is 47.7 Å². The summed E-state index contributed by atoms with van der Waals surface area (Å²) in [5, 5.41) is -0.349. The van der Waals surface area contributed by atoms with E-state index in [9.17, 15) is 18.0 Å². The maximum atomic E-state index is 13.4. The number of nitrogen functional groups attached to an aromatic ring is 1. The fourth-order valence-electron chi connectivity index (χ4n) is 4.79. The zero-order valence-corrected chi connectivity index (χ0v) is 23.8. The molecule has 4 rings (SSSR count). The minimum atomic E-state index is -4.27. The molecule has 2 aromatic heterocycles. The lowest BCUT2D eigenvalue weighted by Gasteiger charge is -2.37. The summed E-state index contributed by atoms with van der Waals surface area (Å²) in [6.07, 6.45) is 2.94. The van der Waals surface area contributed by atoms with Gasteiger partial charge in [-0.25, -0.2) is 19.5 Å². The minimum absolute atomic E-state index is 0.0249. The Morgan fingerprint density at radius 1 is 1.15 bits per heavy atom. The Morgan fingerprint density at radius 2 is 1.90 bits per heavy atom. The molecule has 0 aliphatic carbocycles. The van der Waals surface area contributed by atoms with Crippen LogP contribution in [-0.2, 0) is 14.8 Å². The van der Waals surface area contributed by atoms with Crippen LogP contribution >= 0.6 is 0 Å². The van der Waals surface area contributed by atoms with Crippen LogP contribution in [0.2, 0.25) is 0 Å². The van der Waals surface area contributed by atoms with Gasteiger partial charge in [-0.2, -0.15) is 8.42 Å². The van der Waals surface area contributed by atoms with Crippen molar-refractivity contribution in [2.75, 3.05) is 30.3 Å². The first-order chi connectivity index (χ1) is 18.3. The zero-order valence-electron chi connectivity index (χ0n) is 23.0. The number of nitrogens with two attached hydrogens (primary N) is 1. The second-order valence-corrected chi connectivity index (χ2v) is 12.4. The van der Waals surface area contributed by atoms with Gasteiger partial charge in [0.1, 0.15) is 11.6 Å². The highest BCUT2D eigenvalue weighted by atomic mass is 32.2. The molecule has 4 heterocycles. The molecule has 3 N–H and O–H groups in total. The number of ether oxygens (including phenoxy) is 1. The lowest BCUT2D eigenvalue weighted by molar-refractivity contribution is 0.0802. The van der Waals surface area contributed by atoms with Crippen molar-refractivity contribution < 1.29 is 22.7 Å². The van der Waals surface area contributed by atoms with Gasteiger partial charge in [0.2, 0.25) is 0 Å². The maximum Gasteiger partial charge on any atom is 0.410 e. The van der Waals surface area contributed by atoms with Crippen molar-refractivity contribution in [3.8, 4) is 0 Å². The molecule has 0 spiro atoms. The summed E-state index contributed by atoms with van der Waals surface area (Å²) < 4.78 is 33.3. The van der Waals surface area contributed by atoms with Gasteiger partial charge in [0, 0.05) is 18.6 Å². The molecule has 2 amide bonds. The largest absolute Gasteiger partial charge is 0.447 e. The van der Waals surface area contributed by atoms with Crippen LogP contribution in [0.3, 0.4) is 0 Å². The van der Waals surface area contributed by atoms with Crippen LogP contribution in [0.15, 0.2) is 41.4 Å². The third kappa shape index (κ3) is 6.00. The molecule has 12 heteroatoms. The second kappa shape index (κ2) is 10.8. The average molecular weight is 557 g/mol. The summed E-state index contributed by atoms with van der Waals surface area (Å²) in [6, 6.07) is 7.45. The Labute approximate surface area is 229 Å². The molecule has 2 aromatic rings. The highest BCUT2D eigenvalue weighted by molar-refractivity contribution is 7.90. The predicted octanol–water partition coefficient (Wildman–Crippen LogP) is 3.44. The van der Waals surface area contributed by atoms with E-state index in [4.69, 9.17) is 15.5 Å². The van der Waals surface area contributed by atoms with Gasteiger partial charge in [-0.15, -0.1) is 0 Å². The van der Waals surface area contributed by atoms with Crippen LogP contribution in [0.25, 0.3) is 5.57 Å². The van der Waals surface area contributed by atoms with Crippen LogP contribution < -0.4 is 15.4 Å². The fourth-order valence-corrected chi connectivity index (χ4v) is 5.73. The van der Waals surface area contributed by atoms with Crippen LogP contribution in [0.5, 0.6) is 0 Å². The number of nitrogens with one attached hydrogen (secondary N) is 1. The van der Waals surface area contributed by atoms with Crippen LogP contribution in [0.1, 0.15) is 63.5 Å². The van der Waals surface area contributed by atoms with Crippen LogP contribution in [0.4, 0.5) is 16.4 Å². The van der Waals surface area contributed by atoms with Crippen molar-refractivity contribution in [1.82, 2.24) is 19.6 Å². The number of amides is 2. The predicted molar refractivity (Wildman–Crippen MR) is 149 cm³/mol. The number of nitrogens with zero attached hydrogens (tertiary/aromatic N) is 4. The number of rotatable bonds is 6. The van der Waals surface area contributed by atoms with E-state index < -0.39 is 15.9 Å². The van der Waals surface area contributed by atoms with Gasteiger partial charge in [-0.05, 0) is 76.3 Å². The molecule has 210 valence electrons. The maximum absolute atomic E-state index is 13.4. The molecule has 1 saturated heterocycles. The standard InChI is InChI=1S/C27H36N6O5S/c1-17(2)38-26(35)32-14-7-8-19(16-32)21-12-11-20(24(29-21)33-15-13-18(3)27(33,4)5)25(34)31-39(36,37)23-10-6-9-22(28)30-23/h6,8-12,17-18H,7,13-16H2,1-5H3,(H2,28,30)(H,31,34). The van der Waals surface area contributed by atoms with Crippen molar-refractivity contribution in [1.29, 1.82) is 0 Å². The number of sulfonamides is 1. The van der Waals surface area contributed by atoms with Gasteiger partial charge in [-0.3, -0.25) is 4.79 Å². The van der Waals surface area contributed by atoms with E-state index in [0.29, 0.717) is 43.5 Å². The van der Waals surface area contributed by atoms with Crippen molar-refractivity contribution in [2.45, 2.75) is 64.1 Å². The number of anilines is 2. The first-order valence-corrected chi connectivity index (χ1v) is 14.5. The molecule has 0 bridgehead atoms. The third-order valence-electron chi connectivity index (χ3n) is 7.38. The van der Waals surface area contributed by atoms with E-state index in [-0.39, 0.29) is 34.1 Å². The highest BCUT2D eigenvalue weighted by Gasteiger charge is 2.41. The summed E-state index contributed by atoms with van der Waals surface area (Å²) >= 11 is 0. The van der Waals surface area contributed by atoms with E-state index in [1.165, 1.54) is 18.2 Å². The number of hydrogen-bond donors (Lipinski definition) is 2. The Hall–Kier alpha value is -3.67. The average Bonchev–Trinajstić information content (AvgIpc) is 3.14. The molecule has 2 aliphatic heterocycles. The first-order valence-electron chi connectivity index (χ1n) is 13.0. The smallest absolute Gasteiger partial charge is 0.410 e. The Balaban J connectivity index is 1.69. The summed E-state index contributed by atoms with van der Waals surface area (Å²) in [5.41, 5.74) is 6.88. The normalized spacial score (nSPS) is 19.1. The molecular formula is C27H36N6O5S. The van der Waals surface area contributed by atoms with E-state index in [0.717, 1.165) is 12.0 Å². The molecule has 0 aromatic carbocycles. The van der Waals surface area contributed by atoms with Crippen molar-refractivity contribution in [3.63, 3.8) is 0 Å². The lowest BCUT2D eigenvalue weighted by Crippen LogP contribution is -2.44. The van der Waals surface area contributed by atoms with Gasteiger partial charge in [0.05, 0.1) is 23.9 Å². The number of carbonyl (C=O) groups is 2. The molecule has 39 heavy (non-hydrogen) atoms. The monoisotopic (exact) mass is 556 g/mol. The molecule has 1 atom stereocenters. The fraction of sp³-hybridized carbons (Fsp3) is 0.481.